The zero-order valence-electron chi connectivity index (χ0n) is 11.7. The Kier molecular flexibility index (Phi) is 4.95. The van der Waals surface area contributed by atoms with Crippen LogP contribution in [0.2, 0.25) is 5.02 Å². The van der Waals surface area contributed by atoms with Crippen molar-refractivity contribution in [3.8, 4) is 5.75 Å². The van der Waals surface area contributed by atoms with Crippen LogP contribution in [0.5, 0.6) is 5.75 Å². The number of hydrogen-bond donors (Lipinski definition) is 1. The highest BCUT2D eigenvalue weighted by molar-refractivity contribution is 6.34. The molecule has 7 heteroatoms. The van der Waals surface area contributed by atoms with Gasteiger partial charge in [-0.15, -0.1) is 0 Å². The van der Waals surface area contributed by atoms with Gasteiger partial charge in [-0.05, 0) is 31.2 Å². The fraction of sp³-hybridized carbons (Fsp3) is 0.133. The lowest BCUT2D eigenvalue weighted by atomic mass is 10.2. The van der Waals surface area contributed by atoms with E-state index in [0.717, 1.165) is 0 Å². The molecule has 0 saturated carbocycles. The Labute approximate surface area is 131 Å². The summed E-state index contributed by atoms with van der Waals surface area (Å²) >= 11 is 5.94. The zero-order valence-corrected chi connectivity index (χ0v) is 12.5. The molecular weight excluding hydrogens is 308 g/mol. The van der Waals surface area contributed by atoms with Gasteiger partial charge in [0.05, 0.1) is 28.2 Å². The second-order valence-corrected chi connectivity index (χ2v) is 4.71. The van der Waals surface area contributed by atoms with Gasteiger partial charge in [0.15, 0.2) is 0 Å². The van der Waals surface area contributed by atoms with Crippen molar-refractivity contribution in [3.63, 3.8) is 0 Å². The molecule has 1 amide bonds. The summed E-state index contributed by atoms with van der Waals surface area (Å²) in [5, 5.41) is 13.9. The number of rotatable bonds is 5. The van der Waals surface area contributed by atoms with E-state index in [4.69, 9.17) is 16.3 Å². The second kappa shape index (κ2) is 6.91. The molecule has 0 atom stereocenters. The molecule has 0 heterocycles. The molecule has 114 valence electrons. The van der Waals surface area contributed by atoms with Gasteiger partial charge in [-0.2, -0.15) is 0 Å². The van der Waals surface area contributed by atoms with Crippen LogP contribution in [-0.4, -0.2) is 17.4 Å². The molecular formula is C15H13ClN2O4. The van der Waals surface area contributed by atoms with Crippen LogP contribution in [0.3, 0.4) is 0 Å². The van der Waals surface area contributed by atoms with Gasteiger partial charge in [-0.3, -0.25) is 14.9 Å². The highest BCUT2D eigenvalue weighted by Gasteiger charge is 2.19. The third kappa shape index (κ3) is 3.53. The molecule has 0 unspecified atom stereocenters. The van der Waals surface area contributed by atoms with Crippen LogP contribution in [0.4, 0.5) is 11.4 Å². The molecule has 2 rings (SSSR count). The van der Waals surface area contributed by atoms with Crippen LogP contribution in [-0.2, 0) is 0 Å². The van der Waals surface area contributed by atoms with Crippen molar-refractivity contribution in [1.82, 2.24) is 0 Å². The second-order valence-electron chi connectivity index (χ2n) is 4.30. The largest absolute Gasteiger partial charge is 0.494 e. The lowest BCUT2D eigenvalue weighted by molar-refractivity contribution is -0.384. The summed E-state index contributed by atoms with van der Waals surface area (Å²) in [7, 11) is 0. The van der Waals surface area contributed by atoms with Gasteiger partial charge in [0.2, 0.25) is 0 Å². The first-order valence-electron chi connectivity index (χ1n) is 6.50. The molecule has 22 heavy (non-hydrogen) atoms. The first-order valence-corrected chi connectivity index (χ1v) is 6.88. The van der Waals surface area contributed by atoms with Crippen LogP contribution in [0.25, 0.3) is 0 Å². The number of benzene rings is 2. The van der Waals surface area contributed by atoms with E-state index in [9.17, 15) is 14.9 Å². The molecule has 0 fully saturated rings. The van der Waals surface area contributed by atoms with Crippen LogP contribution in [0.15, 0.2) is 42.5 Å². The van der Waals surface area contributed by atoms with E-state index >= 15 is 0 Å². The van der Waals surface area contributed by atoms with Crippen molar-refractivity contribution >= 4 is 28.9 Å². The summed E-state index contributed by atoms with van der Waals surface area (Å²) < 4.78 is 5.22. The van der Waals surface area contributed by atoms with Crippen molar-refractivity contribution in [2.75, 3.05) is 11.9 Å². The SMILES string of the molecule is CCOc1ccc(NC(=O)c2ccccc2Cl)c([N+](=O)[O-])c1. The first kappa shape index (κ1) is 15.8. The number of anilines is 1. The summed E-state index contributed by atoms with van der Waals surface area (Å²) in [5.74, 6) is -0.150. The number of halogens is 1. The number of nitro groups is 1. The Hall–Kier alpha value is -2.60. The molecule has 6 nitrogen and oxygen atoms in total. The summed E-state index contributed by atoms with van der Waals surface area (Å²) in [6, 6.07) is 10.7. The van der Waals surface area contributed by atoms with Gasteiger partial charge >= 0.3 is 0 Å². The minimum atomic E-state index is -0.579. The molecule has 0 aliphatic heterocycles. The molecule has 0 aromatic heterocycles. The highest BCUT2D eigenvalue weighted by Crippen LogP contribution is 2.30. The number of carbonyl (C=O) groups excluding carboxylic acids is 1. The van der Waals surface area contributed by atoms with E-state index in [2.05, 4.69) is 5.32 Å². The number of amides is 1. The van der Waals surface area contributed by atoms with Crippen LogP contribution in [0, 0.1) is 10.1 Å². The minimum Gasteiger partial charge on any atom is -0.494 e. The van der Waals surface area contributed by atoms with Crippen molar-refractivity contribution in [2.45, 2.75) is 6.92 Å². The third-order valence-corrected chi connectivity index (χ3v) is 3.17. The Morgan fingerprint density at radius 1 is 1.32 bits per heavy atom. The monoisotopic (exact) mass is 320 g/mol. The third-order valence-electron chi connectivity index (χ3n) is 2.84. The highest BCUT2D eigenvalue weighted by atomic mass is 35.5. The average molecular weight is 321 g/mol. The maximum absolute atomic E-state index is 12.2. The van der Waals surface area contributed by atoms with E-state index < -0.39 is 10.8 Å². The predicted octanol–water partition coefficient (Wildman–Crippen LogP) is 3.90. The quantitative estimate of drug-likeness (QED) is 0.669. The molecule has 2 aromatic rings. The number of nitrogens with one attached hydrogen (secondary N) is 1. The Morgan fingerprint density at radius 2 is 2.05 bits per heavy atom. The molecule has 0 aliphatic carbocycles. The number of carbonyl (C=O) groups is 1. The molecule has 0 aliphatic rings. The Balaban J connectivity index is 2.31. The Bertz CT molecular complexity index is 718. The predicted molar refractivity (Wildman–Crippen MR) is 83.7 cm³/mol. The number of nitro benzene ring substituents is 1. The van der Waals surface area contributed by atoms with Gasteiger partial charge in [0.25, 0.3) is 11.6 Å². The van der Waals surface area contributed by atoms with Crippen LogP contribution < -0.4 is 10.1 Å². The lowest BCUT2D eigenvalue weighted by Gasteiger charge is -2.09. The summed E-state index contributed by atoms with van der Waals surface area (Å²) in [6.07, 6.45) is 0. The van der Waals surface area contributed by atoms with Crippen molar-refractivity contribution in [3.05, 3.63) is 63.2 Å². The summed E-state index contributed by atoms with van der Waals surface area (Å²) in [5.41, 5.74) is 0.0806. The smallest absolute Gasteiger partial charge is 0.296 e. The molecule has 0 bridgehead atoms. The van der Waals surface area contributed by atoms with Gasteiger partial charge in [0, 0.05) is 0 Å². The van der Waals surface area contributed by atoms with E-state index in [1.54, 1.807) is 31.2 Å². The van der Waals surface area contributed by atoms with E-state index in [0.29, 0.717) is 12.4 Å². The topological polar surface area (TPSA) is 81.5 Å². The maximum Gasteiger partial charge on any atom is 0.296 e. The van der Waals surface area contributed by atoms with Crippen LogP contribution in [0.1, 0.15) is 17.3 Å². The molecule has 2 aromatic carbocycles. The van der Waals surface area contributed by atoms with E-state index in [1.165, 1.54) is 18.2 Å². The maximum atomic E-state index is 12.2. The van der Waals surface area contributed by atoms with Crippen LogP contribution >= 0.6 is 11.6 Å². The van der Waals surface area contributed by atoms with Crippen molar-refractivity contribution in [1.29, 1.82) is 0 Å². The molecule has 0 spiro atoms. The first-order chi connectivity index (χ1) is 10.5. The van der Waals surface area contributed by atoms with Gasteiger partial charge in [0.1, 0.15) is 11.4 Å². The fourth-order valence-corrected chi connectivity index (χ4v) is 2.08. The average Bonchev–Trinajstić information content (AvgIpc) is 2.49. The zero-order chi connectivity index (χ0) is 16.1. The van der Waals surface area contributed by atoms with Gasteiger partial charge in [-0.1, -0.05) is 23.7 Å². The number of ether oxygens (including phenoxy) is 1. The molecule has 0 saturated heterocycles. The van der Waals surface area contributed by atoms with Crippen molar-refractivity contribution < 1.29 is 14.5 Å². The lowest BCUT2D eigenvalue weighted by Crippen LogP contribution is -2.13. The van der Waals surface area contributed by atoms with Gasteiger partial charge < -0.3 is 10.1 Å². The standard InChI is InChI=1S/C15H13ClN2O4/c1-2-22-10-7-8-13(14(9-10)18(20)21)17-15(19)11-5-3-4-6-12(11)16/h3-9H,2H2,1H3,(H,17,19). The molecule has 1 N–H and O–H groups in total. The normalized spacial score (nSPS) is 10.1. The Morgan fingerprint density at radius 3 is 2.68 bits per heavy atom. The number of nitrogens with zero attached hydrogens (tertiary/aromatic N) is 1. The van der Waals surface area contributed by atoms with Crippen molar-refractivity contribution in [2.24, 2.45) is 0 Å². The van der Waals surface area contributed by atoms with E-state index in [1.807, 2.05) is 0 Å². The minimum absolute atomic E-state index is 0.0818. The summed E-state index contributed by atoms with van der Waals surface area (Å²) in [4.78, 5) is 22.7. The fourth-order valence-electron chi connectivity index (χ4n) is 1.86. The number of hydrogen-bond acceptors (Lipinski definition) is 4. The molecule has 0 radical (unpaired) electrons. The van der Waals surface area contributed by atoms with Gasteiger partial charge in [-0.25, -0.2) is 0 Å². The summed E-state index contributed by atoms with van der Waals surface area (Å²) in [6.45, 7) is 2.17. The van der Waals surface area contributed by atoms with E-state index in [-0.39, 0.29) is 22.0 Å².